The SMILES string of the molecule is CCCc1c(OC)cc(/C=C/c2ccc(F)cc2)cc1OC. The smallest absolute Gasteiger partial charge is 0.126 e. The second-order valence-electron chi connectivity index (χ2n) is 5.04. The van der Waals surface area contributed by atoms with E-state index >= 15 is 0 Å². The van der Waals surface area contributed by atoms with E-state index in [2.05, 4.69) is 6.92 Å². The van der Waals surface area contributed by atoms with Crippen LogP contribution < -0.4 is 9.47 Å². The second-order valence-corrected chi connectivity index (χ2v) is 5.04. The molecule has 22 heavy (non-hydrogen) atoms. The lowest BCUT2D eigenvalue weighted by molar-refractivity contribution is 0.385. The summed E-state index contributed by atoms with van der Waals surface area (Å²) >= 11 is 0. The summed E-state index contributed by atoms with van der Waals surface area (Å²) in [6.07, 6.45) is 5.84. The molecule has 0 aliphatic carbocycles. The minimum absolute atomic E-state index is 0.232. The van der Waals surface area contributed by atoms with Crippen molar-refractivity contribution >= 4 is 12.2 Å². The van der Waals surface area contributed by atoms with Gasteiger partial charge in [0.2, 0.25) is 0 Å². The van der Waals surface area contributed by atoms with Crippen LogP contribution >= 0.6 is 0 Å². The lowest BCUT2D eigenvalue weighted by Crippen LogP contribution is -1.97. The van der Waals surface area contributed by atoms with E-state index in [9.17, 15) is 4.39 Å². The van der Waals surface area contributed by atoms with Crippen LogP contribution in [0.3, 0.4) is 0 Å². The van der Waals surface area contributed by atoms with Crippen molar-refractivity contribution < 1.29 is 13.9 Å². The zero-order chi connectivity index (χ0) is 15.9. The molecule has 116 valence electrons. The van der Waals surface area contributed by atoms with Crippen molar-refractivity contribution in [2.75, 3.05) is 14.2 Å². The lowest BCUT2D eigenvalue weighted by Gasteiger charge is -2.13. The normalized spacial score (nSPS) is 10.9. The van der Waals surface area contributed by atoms with Gasteiger partial charge in [-0.25, -0.2) is 4.39 Å². The number of rotatable bonds is 6. The molecule has 2 aromatic carbocycles. The van der Waals surface area contributed by atoms with Gasteiger partial charge in [0.25, 0.3) is 0 Å². The van der Waals surface area contributed by atoms with Gasteiger partial charge in [-0.15, -0.1) is 0 Å². The van der Waals surface area contributed by atoms with Crippen molar-refractivity contribution in [3.8, 4) is 11.5 Å². The van der Waals surface area contributed by atoms with Gasteiger partial charge in [0.1, 0.15) is 17.3 Å². The molecule has 0 spiro atoms. The highest BCUT2D eigenvalue weighted by Gasteiger charge is 2.10. The van der Waals surface area contributed by atoms with E-state index in [-0.39, 0.29) is 5.82 Å². The van der Waals surface area contributed by atoms with Crippen LogP contribution in [-0.4, -0.2) is 14.2 Å². The Labute approximate surface area is 131 Å². The Kier molecular flexibility index (Phi) is 5.59. The standard InChI is InChI=1S/C19H21FO2/c1-4-5-17-18(21-2)12-15(13-19(17)22-3)7-6-14-8-10-16(20)11-9-14/h6-13H,4-5H2,1-3H3/b7-6+. The molecule has 0 aliphatic heterocycles. The number of benzene rings is 2. The molecule has 2 aromatic rings. The second kappa shape index (κ2) is 7.64. The van der Waals surface area contributed by atoms with Crippen molar-refractivity contribution in [2.24, 2.45) is 0 Å². The van der Waals surface area contributed by atoms with Gasteiger partial charge < -0.3 is 9.47 Å². The predicted octanol–water partition coefficient (Wildman–Crippen LogP) is 4.97. The van der Waals surface area contributed by atoms with Gasteiger partial charge in [-0.05, 0) is 41.8 Å². The molecule has 0 amide bonds. The Balaban J connectivity index is 2.32. The van der Waals surface area contributed by atoms with Crippen molar-refractivity contribution in [1.82, 2.24) is 0 Å². The molecule has 0 heterocycles. The highest BCUT2D eigenvalue weighted by Crippen LogP contribution is 2.32. The molecule has 0 saturated heterocycles. The summed E-state index contributed by atoms with van der Waals surface area (Å²) in [5.74, 6) is 1.43. The lowest BCUT2D eigenvalue weighted by atomic mass is 10.0. The molecule has 0 N–H and O–H groups in total. The van der Waals surface area contributed by atoms with Crippen molar-refractivity contribution in [3.63, 3.8) is 0 Å². The monoisotopic (exact) mass is 300 g/mol. The molecule has 2 rings (SSSR count). The molecule has 0 atom stereocenters. The van der Waals surface area contributed by atoms with Crippen LogP contribution in [0.2, 0.25) is 0 Å². The fraction of sp³-hybridized carbons (Fsp3) is 0.263. The third-order valence-corrected chi connectivity index (χ3v) is 3.47. The first kappa shape index (κ1) is 16.1. The first-order chi connectivity index (χ1) is 10.7. The number of hydrogen-bond acceptors (Lipinski definition) is 2. The molecule has 0 aromatic heterocycles. The van der Waals surface area contributed by atoms with E-state index < -0.39 is 0 Å². The first-order valence-corrected chi connectivity index (χ1v) is 7.36. The van der Waals surface area contributed by atoms with Gasteiger partial charge in [-0.2, -0.15) is 0 Å². The van der Waals surface area contributed by atoms with Gasteiger partial charge in [-0.1, -0.05) is 37.6 Å². The topological polar surface area (TPSA) is 18.5 Å². The summed E-state index contributed by atoms with van der Waals surface area (Å²) in [7, 11) is 3.34. The summed E-state index contributed by atoms with van der Waals surface area (Å²) in [4.78, 5) is 0. The number of hydrogen-bond donors (Lipinski definition) is 0. The van der Waals surface area contributed by atoms with Gasteiger partial charge in [0, 0.05) is 5.56 Å². The van der Waals surface area contributed by atoms with Crippen LogP contribution in [-0.2, 0) is 6.42 Å². The van der Waals surface area contributed by atoms with Crippen molar-refractivity contribution in [3.05, 3.63) is 58.9 Å². The van der Waals surface area contributed by atoms with Crippen molar-refractivity contribution in [2.45, 2.75) is 19.8 Å². The average molecular weight is 300 g/mol. The predicted molar refractivity (Wildman–Crippen MR) is 88.9 cm³/mol. The first-order valence-electron chi connectivity index (χ1n) is 7.36. The highest BCUT2D eigenvalue weighted by atomic mass is 19.1. The maximum atomic E-state index is 12.9. The minimum Gasteiger partial charge on any atom is -0.496 e. The minimum atomic E-state index is -0.232. The van der Waals surface area contributed by atoms with E-state index in [1.54, 1.807) is 26.4 Å². The molecule has 0 radical (unpaired) electrons. The van der Waals surface area contributed by atoms with Crippen LogP contribution in [0.25, 0.3) is 12.2 Å². The molecule has 0 bridgehead atoms. The van der Waals surface area contributed by atoms with Crippen LogP contribution in [0, 0.1) is 5.82 Å². The van der Waals surface area contributed by atoms with Crippen molar-refractivity contribution in [1.29, 1.82) is 0 Å². The fourth-order valence-corrected chi connectivity index (χ4v) is 2.36. The Hall–Kier alpha value is -2.29. The molecular formula is C19H21FO2. The molecule has 0 fully saturated rings. The number of ether oxygens (including phenoxy) is 2. The summed E-state index contributed by atoms with van der Waals surface area (Å²) < 4.78 is 23.9. The highest BCUT2D eigenvalue weighted by molar-refractivity contribution is 5.71. The quantitative estimate of drug-likeness (QED) is 0.702. The van der Waals surface area contributed by atoms with Gasteiger partial charge in [0.05, 0.1) is 14.2 Å². The molecule has 0 saturated carbocycles. The van der Waals surface area contributed by atoms with Crippen LogP contribution in [0.4, 0.5) is 4.39 Å². The average Bonchev–Trinajstić information content (AvgIpc) is 2.55. The fourth-order valence-electron chi connectivity index (χ4n) is 2.36. The molecule has 0 unspecified atom stereocenters. The van der Waals surface area contributed by atoms with E-state index in [1.807, 2.05) is 24.3 Å². The Morgan fingerprint density at radius 3 is 1.95 bits per heavy atom. The van der Waals surface area contributed by atoms with Gasteiger partial charge in [-0.3, -0.25) is 0 Å². The third kappa shape index (κ3) is 3.88. The van der Waals surface area contributed by atoms with E-state index in [0.717, 1.165) is 41.0 Å². The summed E-state index contributed by atoms with van der Waals surface area (Å²) in [5, 5.41) is 0. The van der Waals surface area contributed by atoms with Gasteiger partial charge >= 0.3 is 0 Å². The molecule has 0 aliphatic rings. The molecule has 2 nitrogen and oxygen atoms in total. The summed E-state index contributed by atoms with van der Waals surface area (Å²) in [6.45, 7) is 2.13. The summed E-state index contributed by atoms with van der Waals surface area (Å²) in [6, 6.07) is 10.4. The van der Waals surface area contributed by atoms with E-state index in [4.69, 9.17) is 9.47 Å². The van der Waals surface area contributed by atoms with E-state index in [1.165, 1.54) is 12.1 Å². The Morgan fingerprint density at radius 2 is 1.45 bits per heavy atom. The van der Waals surface area contributed by atoms with Gasteiger partial charge in [0.15, 0.2) is 0 Å². The van der Waals surface area contributed by atoms with Crippen LogP contribution in [0.5, 0.6) is 11.5 Å². The zero-order valence-corrected chi connectivity index (χ0v) is 13.2. The third-order valence-electron chi connectivity index (χ3n) is 3.47. The Bertz CT molecular complexity index is 620. The van der Waals surface area contributed by atoms with E-state index in [0.29, 0.717) is 0 Å². The zero-order valence-electron chi connectivity index (χ0n) is 13.2. The number of methoxy groups -OCH3 is 2. The maximum absolute atomic E-state index is 12.9. The number of halogens is 1. The van der Waals surface area contributed by atoms with Crippen LogP contribution in [0.1, 0.15) is 30.0 Å². The Morgan fingerprint density at radius 1 is 0.909 bits per heavy atom. The largest absolute Gasteiger partial charge is 0.496 e. The summed E-state index contributed by atoms with van der Waals surface area (Å²) in [5.41, 5.74) is 3.02. The maximum Gasteiger partial charge on any atom is 0.126 e. The van der Waals surface area contributed by atoms with Crippen LogP contribution in [0.15, 0.2) is 36.4 Å². The molecule has 3 heteroatoms. The molecular weight excluding hydrogens is 279 g/mol.